The molecule has 1 amide bonds. The molecule has 7 nitrogen and oxygen atoms in total. The lowest BCUT2D eigenvalue weighted by molar-refractivity contribution is -0.123. The topological polar surface area (TPSA) is 97.4 Å². The van der Waals surface area contributed by atoms with Crippen LogP contribution < -0.4 is 14.8 Å². The quantitative estimate of drug-likeness (QED) is 0.602. The zero-order chi connectivity index (χ0) is 20.3. The number of fused-ring (bicyclic) bond motifs is 1. The normalized spacial score (nSPS) is 15.5. The Morgan fingerprint density at radius 2 is 1.93 bits per heavy atom. The van der Waals surface area contributed by atoms with Gasteiger partial charge in [0.15, 0.2) is 11.7 Å². The molecule has 0 fully saturated rings. The summed E-state index contributed by atoms with van der Waals surface area (Å²) >= 11 is 1.22. The fourth-order valence-corrected chi connectivity index (χ4v) is 5.09. The van der Waals surface area contributed by atoms with Crippen LogP contribution in [-0.4, -0.2) is 32.0 Å². The van der Waals surface area contributed by atoms with E-state index < -0.39 is 10.0 Å². The number of carbonyl (C=O) groups is 1. The highest BCUT2D eigenvalue weighted by Crippen LogP contribution is 2.26. The van der Waals surface area contributed by atoms with Gasteiger partial charge in [0, 0.05) is 17.6 Å². The Morgan fingerprint density at radius 1 is 1.14 bits per heavy atom. The Labute approximate surface area is 172 Å². The molecule has 1 aromatic heterocycles. The third-order valence-corrected chi connectivity index (χ3v) is 6.71. The SMILES string of the molecule is O=C(COc1ccccc1)NC1Cc2ccc(S(=O)(=O)Nc3nccs3)cc2C1. The van der Waals surface area contributed by atoms with E-state index in [9.17, 15) is 13.2 Å². The molecule has 0 aliphatic heterocycles. The van der Waals surface area contributed by atoms with Gasteiger partial charge in [-0.15, -0.1) is 11.3 Å². The lowest BCUT2D eigenvalue weighted by Gasteiger charge is -2.12. The average Bonchev–Trinajstić information content (AvgIpc) is 3.35. The van der Waals surface area contributed by atoms with Crippen molar-refractivity contribution in [2.45, 2.75) is 23.8 Å². The molecule has 2 N–H and O–H groups in total. The molecule has 1 aliphatic rings. The number of ether oxygens (including phenoxy) is 1. The van der Waals surface area contributed by atoms with E-state index in [0.29, 0.717) is 23.7 Å². The van der Waals surface area contributed by atoms with Crippen molar-refractivity contribution in [3.8, 4) is 5.75 Å². The highest BCUT2D eigenvalue weighted by Gasteiger charge is 2.25. The summed E-state index contributed by atoms with van der Waals surface area (Å²) < 4.78 is 33.0. The van der Waals surface area contributed by atoms with E-state index in [0.717, 1.165) is 11.1 Å². The molecule has 1 aliphatic carbocycles. The lowest BCUT2D eigenvalue weighted by atomic mass is 10.1. The number of hydrogen-bond acceptors (Lipinski definition) is 6. The van der Waals surface area contributed by atoms with Crippen LogP contribution in [0.4, 0.5) is 5.13 Å². The van der Waals surface area contributed by atoms with E-state index in [4.69, 9.17) is 4.74 Å². The first-order valence-electron chi connectivity index (χ1n) is 9.01. The van der Waals surface area contributed by atoms with E-state index in [1.165, 1.54) is 11.3 Å². The molecule has 0 bridgehead atoms. The summed E-state index contributed by atoms with van der Waals surface area (Å²) in [5.74, 6) is 0.435. The maximum atomic E-state index is 12.5. The van der Waals surface area contributed by atoms with E-state index in [2.05, 4.69) is 15.0 Å². The minimum atomic E-state index is -3.69. The van der Waals surface area contributed by atoms with Crippen molar-refractivity contribution in [1.82, 2.24) is 10.3 Å². The van der Waals surface area contributed by atoms with Gasteiger partial charge in [0.2, 0.25) is 0 Å². The number of aromatic nitrogens is 1. The van der Waals surface area contributed by atoms with Gasteiger partial charge >= 0.3 is 0 Å². The molecule has 9 heteroatoms. The highest BCUT2D eigenvalue weighted by molar-refractivity contribution is 7.93. The van der Waals surface area contributed by atoms with Crippen LogP contribution in [0.1, 0.15) is 11.1 Å². The number of thiazole rings is 1. The molecule has 1 heterocycles. The molecule has 1 unspecified atom stereocenters. The van der Waals surface area contributed by atoms with Crippen LogP contribution in [0.25, 0.3) is 0 Å². The number of sulfonamides is 1. The summed E-state index contributed by atoms with van der Waals surface area (Å²) in [6.07, 6.45) is 2.78. The van der Waals surface area contributed by atoms with Crippen LogP contribution in [0.3, 0.4) is 0 Å². The zero-order valence-corrected chi connectivity index (χ0v) is 17.0. The lowest BCUT2D eigenvalue weighted by Crippen LogP contribution is -2.38. The van der Waals surface area contributed by atoms with Crippen LogP contribution >= 0.6 is 11.3 Å². The first-order chi connectivity index (χ1) is 14.0. The van der Waals surface area contributed by atoms with Gasteiger partial charge in [-0.05, 0) is 48.2 Å². The van der Waals surface area contributed by atoms with Gasteiger partial charge in [-0.3, -0.25) is 9.52 Å². The maximum absolute atomic E-state index is 12.5. The zero-order valence-electron chi connectivity index (χ0n) is 15.4. The molecule has 0 spiro atoms. The maximum Gasteiger partial charge on any atom is 0.263 e. The van der Waals surface area contributed by atoms with Gasteiger partial charge in [0.05, 0.1) is 4.90 Å². The van der Waals surface area contributed by atoms with Crippen molar-refractivity contribution < 1.29 is 17.9 Å². The third kappa shape index (κ3) is 4.75. The summed E-state index contributed by atoms with van der Waals surface area (Å²) in [6.45, 7) is -0.0613. The number of amides is 1. The smallest absolute Gasteiger partial charge is 0.263 e. The van der Waals surface area contributed by atoms with Crippen molar-refractivity contribution in [3.63, 3.8) is 0 Å². The molecule has 3 aromatic rings. The molecule has 150 valence electrons. The van der Waals surface area contributed by atoms with Gasteiger partial charge in [-0.2, -0.15) is 0 Å². The second kappa shape index (κ2) is 8.22. The predicted octanol–water partition coefficient (Wildman–Crippen LogP) is 2.61. The van der Waals surface area contributed by atoms with E-state index in [1.54, 1.807) is 41.9 Å². The molecular weight excluding hydrogens is 410 g/mol. The van der Waals surface area contributed by atoms with Crippen LogP contribution in [-0.2, 0) is 27.7 Å². The Balaban J connectivity index is 1.36. The molecule has 0 radical (unpaired) electrons. The molecular formula is C20H19N3O4S2. The van der Waals surface area contributed by atoms with E-state index >= 15 is 0 Å². The number of carbonyl (C=O) groups excluding carboxylic acids is 1. The summed E-state index contributed by atoms with van der Waals surface area (Å²) in [5, 5.41) is 4.98. The second-order valence-electron chi connectivity index (χ2n) is 6.65. The van der Waals surface area contributed by atoms with Crippen LogP contribution in [0.2, 0.25) is 0 Å². The number of para-hydroxylation sites is 1. The minimum Gasteiger partial charge on any atom is -0.484 e. The Bertz CT molecular complexity index is 1100. The third-order valence-electron chi connectivity index (χ3n) is 4.55. The predicted molar refractivity (Wildman–Crippen MR) is 111 cm³/mol. The number of hydrogen-bond donors (Lipinski definition) is 2. The van der Waals surface area contributed by atoms with Crippen molar-refractivity contribution in [1.29, 1.82) is 0 Å². The number of rotatable bonds is 7. The van der Waals surface area contributed by atoms with Crippen LogP contribution in [0, 0.1) is 0 Å². The van der Waals surface area contributed by atoms with Crippen LogP contribution in [0.5, 0.6) is 5.75 Å². The molecule has 2 aromatic carbocycles. The minimum absolute atomic E-state index is 0.0613. The van der Waals surface area contributed by atoms with Gasteiger partial charge < -0.3 is 10.1 Å². The number of anilines is 1. The monoisotopic (exact) mass is 429 g/mol. The molecule has 4 rings (SSSR count). The van der Waals surface area contributed by atoms with E-state index in [-0.39, 0.29) is 23.5 Å². The number of nitrogens with zero attached hydrogens (tertiary/aromatic N) is 1. The molecule has 1 atom stereocenters. The average molecular weight is 430 g/mol. The Morgan fingerprint density at radius 3 is 2.69 bits per heavy atom. The fraction of sp³-hybridized carbons (Fsp3) is 0.200. The Hall–Kier alpha value is -2.91. The van der Waals surface area contributed by atoms with Crippen molar-refractivity contribution >= 4 is 32.4 Å². The summed E-state index contributed by atoms with van der Waals surface area (Å²) in [7, 11) is -3.69. The molecule has 0 saturated carbocycles. The van der Waals surface area contributed by atoms with Gasteiger partial charge in [0.25, 0.3) is 15.9 Å². The standard InChI is InChI=1S/C20H19N3O4S2/c24-19(13-27-17-4-2-1-3-5-17)22-16-10-14-6-7-18(12-15(14)11-16)29(25,26)23-20-21-8-9-28-20/h1-9,12,16H,10-11,13H2,(H,21,23)(H,22,24). The summed E-state index contributed by atoms with van der Waals surface area (Å²) in [6, 6.07) is 14.1. The highest BCUT2D eigenvalue weighted by atomic mass is 32.2. The number of nitrogens with one attached hydrogen (secondary N) is 2. The van der Waals surface area contributed by atoms with Crippen molar-refractivity contribution in [3.05, 3.63) is 71.2 Å². The molecule has 29 heavy (non-hydrogen) atoms. The van der Waals surface area contributed by atoms with Crippen molar-refractivity contribution in [2.75, 3.05) is 11.3 Å². The number of benzene rings is 2. The first kappa shape index (κ1) is 19.4. The van der Waals surface area contributed by atoms with Gasteiger partial charge in [-0.25, -0.2) is 13.4 Å². The molecule has 0 saturated heterocycles. The second-order valence-corrected chi connectivity index (χ2v) is 9.22. The summed E-state index contributed by atoms with van der Waals surface area (Å²) in [5.41, 5.74) is 1.95. The van der Waals surface area contributed by atoms with Gasteiger partial charge in [-0.1, -0.05) is 24.3 Å². The van der Waals surface area contributed by atoms with Crippen molar-refractivity contribution in [2.24, 2.45) is 0 Å². The van der Waals surface area contributed by atoms with Crippen LogP contribution in [0.15, 0.2) is 65.0 Å². The van der Waals surface area contributed by atoms with Gasteiger partial charge in [0.1, 0.15) is 5.75 Å². The summed E-state index contributed by atoms with van der Waals surface area (Å²) in [4.78, 5) is 16.3. The first-order valence-corrected chi connectivity index (χ1v) is 11.4. The van der Waals surface area contributed by atoms with E-state index in [1.807, 2.05) is 18.2 Å². The largest absolute Gasteiger partial charge is 0.484 e. The Kier molecular flexibility index (Phi) is 5.50. The fourth-order valence-electron chi connectivity index (χ4n) is 3.25.